The van der Waals surface area contributed by atoms with Crippen LogP contribution in [-0.2, 0) is 0 Å². The van der Waals surface area contributed by atoms with Gasteiger partial charge < -0.3 is 5.32 Å². The second kappa shape index (κ2) is 5.36. The van der Waals surface area contributed by atoms with Crippen molar-refractivity contribution in [1.82, 2.24) is 10.7 Å². The highest BCUT2D eigenvalue weighted by molar-refractivity contribution is 5.94. The van der Waals surface area contributed by atoms with Gasteiger partial charge in [0.2, 0.25) is 0 Å². The first-order valence-corrected chi connectivity index (χ1v) is 4.53. The van der Waals surface area contributed by atoms with E-state index >= 15 is 0 Å². The van der Waals surface area contributed by atoms with E-state index in [-0.39, 0.29) is 11.9 Å². The van der Waals surface area contributed by atoms with E-state index in [9.17, 15) is 4.79 Å². The predicted molar refractivity (Wildman–Crippen MR) is 55.6 cm³/mol. The van der Waals surface area contributed by atoms with E-state index in [1.807, 2.05) is 25.1 Å². The van der Waals surface area contributed by atoms with Crippen LogP contribution in [0.2, 0.25) is 0 Å². The van der Waals surface area contributed by atoms with Crippen LogP contribution in [0.3, 0.4) is 0 Å². The molecular formula is C10H15N3O. The molecule has 1 amide bonds. The Bertz CT molecular complexity index is 287. The van der Waals surface area contributed by atoms with Crippen molar-refractivity contribution >= 4 is 5.91 Å². The van der Waals surface area contributed by atoms with Crippen LogP contribution in [0.25, 0.3) is 0 Å². The van der Waals surface area contributed by atoms with Crippen LogP contribution >= 0.6 is 0 Å². The number of carbonyl (C=O) groups excluding carboxylic acids is 1. The molecule has 1 unspecified atom stereocenters. The van der Waals surface area contributed by atoms with Gasteiger partial charge in [0.15, 0.2) is 0 Å². The van der Waals surface area contributed by atoms with Crippen LogP contribution in [0.5, 0.6) is 0 Å². The van der Waals surface area contributed by atoms with Gasteiger partial charge in [-0.1, -0.05) is 18.2 Å². The zero-order chi connectivity index (χ0) is 10.4. The summed E-state index contributed by atoms with van der Waals surface area (Å²) in [4.78, 5) is 11.6. The van der Waals surface area contributed by atoms with Gasteiger partial charge in [-0.15, -0.1) is 0 Å². The second-order valence-corrected chi connectivity index (χ2v) is 3.15. The lowest BCUT2D eigenvalue weighted by atomic mass is 10.2. The van der Waals surface area contributed by atoms with Crippen molar-refractivity contribution in [3.8, 4) is 0 Å². The normalized spacial score (nSPS) is 12.1. The van der Waals surface area contributed by atoms with Crippen LogP contribution in [0.4, 0.5) is 0 Å². The zero-order valence-electron chi connectivity index (χ0n) is 8.16. The first-order valence-electron chi connectivity index (χ1n) is 4.53. The summed E-state index contributed by atoms with van der Waals surface area (Å²) in [6.45, 7) is 2.44. The fourth-order valence-corrected chi connectivity index (χ4v) is 1.12. The fourth-order valence-electron chi connectivity index (χ4n) is 1.12. The molecule has 0 saturated carbocycles. The van der Waals surface area contributed by atoms with Gasteiger partial charge in [-0.2, -0.15) is 0 Å². The number of benzene rings is 1. The highest BCUT2D eigenvalue weighted by atomic mass is 16.1. The van der Waals surface area contributed by atoms with Crippen molar-refractivity contribution in [2.75, 3.05) is 6.54 Å². The van der Waals surface area contributed by atoms with Crippen LogP contribution in [0.1, 0.15) is 17.3 Å². The number of amides is 1. The molecule has 14 heavy (non-hydrogen) atoms. The minimum absolute atomic E-state index is 0.0210. The number of hydrogen-bond donors (Lipinski definition) is 3. The van der Waals surface area contributed by atoms with Gasteiger partial charge in [-0.25, -0.2) is 0 Å². The standard InChI is InChI=1S/C10H15N3O/c1-8(7-12-11)13-10(14)9-5-3-2-4-6-9/h2-6,8,12H,7,11H2,1H3,(H,13,14). The number of nitrogens with two attached hydrogens (primary N) is 1. The van der Waals surface area contributed by atoms with Gasteiger partial charge >= 0.3 is 0 Å². The molecule has 76 valence electrons. The SMILES string of the molecule is CC(CNN)NC(=O)c1ccccc1. The summed E-state index contributed by atoms with van der Waals surface area (Å²) in [5.74, 6) is 5.07. The first kappa shape index (κ1) is 10.7. The molecule has 0 aliphatic rings. The molecule has 4 nitrogen and oxygen atoms in total. The topological polar surface area (TPSA) is 67.2 Å². The molecule has 0 aromatic heterocycles. The van der Waals surface area contributed by atoms with E-state index in [2.05, 4.69) is 10.7 Å². The molecule has 0 fully saturated rings. The molecule has 4 N–H and O–H groups in total. The molecule has 0 radical (unpaired) electrons. The fraction of sp³-hybridized carbons (Fsp3) is 0.300. The van der Waals surface area contributed by atoms with Crippen molar-refractivity contribution in [1.29, 1.82) is 0 Å². The molecule has 0 saturated heterocycles. The summed E-state index contributed by atoms with van der Waals surface area (Å²) < 4.78 is 0. The molecule has 4 heteroatoms. The van der Waals surface area contributed by atoms with Crippen LogP contribution in [-0.4, -0.2) is 18.5 Å². The van der Waals surface area contributed by atoms with Gasteiger partial charge in [0, 0.05) is 18.2 Å². The molecule has 1 atom stereocenters. The van der Waals surface area contributed by atoms with Crippen molar-refractivity contribution in [2.24, 2.45) is 5.84 Å². The van der Waals surface area contributed by atoms with Crippen LogP contribution in [0, 0.1) is 0 Å². The second-order valence-electron chi connectivity index (χ2n) is 3.15. The Morgan fingerprint density at radius 1 is 1.43 bits per heavy atom. The number of nitrogens with one attached hydrogen (secondary N) is 2. The number of rotatable bonds is 4. The monoisotopic (exact) mass is 193 g/mol. The lowest BCUT2D eigenvalue weighted by molar-refractivity contribution is 0.0940. The Hall–Kier alpha value is -1.39. The quantitative estimate of drug-likeness (QED) is 0.475. The Morgan fingerprint density at radius 2 is 2.07 bits per heavy atom. The third-order valence-electron chi connectivity index (χ3n) is 1.84. The number of hydrazine groups is 1. The van der Waals surface area contributed by atoms with Gasteiger partial charge in [0.05, 0.1) is 0 Å². The maximum atomic E-state index is 11.6. The third-order valence-corrected chi connectivity index (χ3v) is 1.84. The van der Waals surface area contributed by atoms with E-state index in [1.165, 1.54) is 0 Å². The molecule has 0 aliphatic heterocycles. The summed E-state index contributed by atoms with van der Waals surface area (Å²) in [5, 5.41) is 2.82. The van der Waals surface area contributed by atoms with Crippen molar-refractivity contribution in [2.45, 2.75) is 13.0 Å². The third kappa shape index (κ3) is 3.16. The average Bonchev–Trinajstić information content (AvgIpc) is 2.19. The summed E-state index contributed by atoms with van der Waals surface area (Å²) in [7, 11) is 0. The van der Waals surface area contributed by atoms with Gasteiger partial charge in [-0.05, 0) is 19.1 Å². The number of hydrogen-bond acceptors (Lipinski definition) is 3. The molecule has 0 heterocycles. The highest BCUT2D eigenvalue weighted by Gasteiger charge is 2.07. The van der Waals surface area contributed by atoms with E-state index in [0.717, 1.165) is 0 Å². The van der Waals surface area contributed by atoms with Gasteiger partial charge in [0.25, 0.3) is 5.91 Å². The Kier molecular flexibility index (Phi) is 4.10. The molecule has 1 rings (SSSR count). The molecule has 0 bridgehead atoms. The van der Waals surface area contributed by atoms with E-state index in [1.54, 1.807) is 12.1 Å². The summed E-state index contributed by atoms with van der Waals surface area (Å²) >= 11 is 0. The van der Waals surface area contributed by atoms with E-state index in [4.69, 9.17) is 5.84 Å². The largest absolute Gasteiger partial charge is 0.348 e. The Balaban J connectivity index is 2.51. The van der Waals surface area contributed by atoms with E-state index < -0.39 is 0 Å². The van der Waals surface area contributed by atoms with Gasteiger partial charge in [0.1, 0.15) is 0 Å². The lowest BCUT2D eigenvalue weighted by Gasteiger charge is -2.12. The zero-order valence-corrected chi connectivity index (χ0v) is 8.16. The molecule has 0 spiro atoms. The maximum Gasteiger partial charge on any atom is 0.251 e. The molecule has 1 aromatic carbocycles. The van der Waals surface area contributed by atoms with Crippen LogP contribution < -0.4 is 16.6 Å². The number of carbonyl (C=O) groups is 1. The Labute approximate surface area is 83.5 Å². The molecular weight excluding hydrogens is 178 g/mol. The molecule has 0 aliphatic carbocycles. The predicted octanol–water partition coefficient (Wildman–Crippen LogP) is 0.268. The van der Waals surface area contributed by atoms with Crippen LogP contribution in [0.15, 0.2) is 30.3 Å². The Morgan fingerprint density at radius 3 is 2.64 bits per heavy atom. The highest BCUT2D eigenvalue weighted by Crippen LogP contribution is 1.98. The minimum Gasteiger partial charge on any atom is -0.348 e. The maximum absolute atomic E-state index is 11.6. The minimum atomic E-state index is -0.0756. The first-order chi connectivity index (χ1) is 6.74. The molecule has 1 aromatic rings. The van der Waals surface area contributed by atoms with Crippen molar-refractivity contribution < 1.29 is 4.79 Å². The van der Waals surface area contributed by atoms with Crippen molar-refractivity contribution in [3.05, 3.63) is 35.9 Å². The van der Waals surface area contributed by atoms with Crippen molar-refractivity contribution in [3.63, 3.8) is 0 Å². The summed E-state index contributed by atoms with van der Waals surface area (Å²) in [6.07, 6.45) is 0. The smallest absolute Gasteiger partial charge is 0.251 e. The van der Waals surface area contributed by atoms with E-state index in [0.29, 0.717) is 12.1 Å². The summed E-state index contributed by atoms with van der Waals surface area (Å²) in [5.41, 5.74) is 3.17. The van der Waals surface area contributed by atoms with Gasteiger partial charge in [-0.3, -0.25) is 16.1 Å². The average molecular weight is 193 g/mol. The summed E-state index contributed by atoms with van der Waals surface area (Å²) in [6, 6.07) is 9.12. The lowest BCUT2D eigenvalue weighted by Crippen LogP contribution is -2.42.